The summed E-state index contributed by atoms with van der Waals surface area (Å²) in [5.41, 5.74) is -1.32. The Balaban J connectivity index is 2.56. The molecule has 1 aliphatic heterocycles. The molecule has 0 saturated carbocycles. The Labute approximate surface area is 130 Å². The molecule has 1 unspecified atom stereocenters. The van der Waals surface area contributed by atoms with E-state index in [0.29, 0.717) is 0 Å². The lowest BCUT2D eigenvalue weighted by molar-refractivity contribution is -0.158. The first kappa shape index (κ1) is 18.2. The number of carbonyl (C=O) groups excluding carboxylic acids is 3. The highest BCUT2D eigenvalue weighted by molar-refractivity contribution is 5.96. The van der Waals surface area contributed by atoms with Crippen LogP contribution >= 0.6 is 0 Å². The number of Topliss-reactive ketones (excluding diaryl/α,β-unsaturated/α-hetero) is 1. The normalized spacial score (nSPS) is 19.1. The van der Waals surface area contributed by atoms with E-state index in [1.807, 2.05) is 0 Å². The molecule has 0 spiro atoms. The van der Waals surface area contributed by atoms with E-state index >= 15 is 0 Å². The first-order valence-electron chi connectivity index (χ1n) is 7.19. The molecule has 0 bridgehead atoms. The topological polar surface area (TPSA) is 78.9 Å². The SMILES string of the molecule is CC(C)(C)C(=O)OCC1CC(=O)C(OC(=O)C(C)(C)C)=CO1. The van der Waals surface area contributed by atoms with Crippen molar-refractivity contribution < 1.29 is 28.6 Å². The molecule has 0 radical (unpaired) electrons. The van der Waals surface area contributed by atoms with Crippen LogP contribution in [0, 0.1) is 10.8 Å². The standard InChI is InChI=1S/C16H24O6/c1-15(2,3)13(18)21-8-10-7-11(17)12(9-20-10)22-14(19)16(4,5)6/h9-10H,7-8H2,1-6H3. The second-order valence-electron chi connectivity index (χ2n) is 7.36. The molecular formula is C16H24O6. The zero-order chi connectivity index (χ0) is 17.1. The number of carbonyl (C=O) groups is 3. The predicted molar refractivity (Wildman–Crippen MR) is 78.5 cm³/mol. The molecule has 6 heteroatoms. The highest BCUT2D eigenvalue weighted by Gasteiger charge is 2.32. The number of allylic oxidation sites excluding steroid dienone is 1. The second-order valence-corrected chi connectivity index (χ2v) is 7.36. The molecule has 0 saturated heterocycles. The van der Waals surface area contributed by atoms with Crippen molar-refractivity contribution in [3.8, 4) is 0 Å². The van der Waals surface area contributed by atoms with Gasteiger partial charge in [0.15, 0.2) is 0 Å². The largest absolute Gasteiger partial charge is 0.490 e. The molecule has 0 N–H and O–H groups in total. The van der Waals surface area contributed by atoms with Crippen LogP contribution in [-0.4, -0.2) is 30.4 Å². The highest BCUT2D eigenvalue weighted by Crippen LogP contribution is 2.22. The third-order valence-electron chi connectivity index (χ3n) is 2.88. The molecule has 0 aromatic rings. The van der Waals surface area contributed by atoms with E-state index in [1.54, 1.807) is 41.5 Å². The number of ketones is 1. The van der Waals surface area contributed by atoms with Crippen molar-refractivity contribution in [2.24, 2.45) is 10.8 Å². The average molecular weight is 312 g/mol. The minimum atomic E-state index is -0.708. The van der Waals surface area contributed by atoms with Gasteiger partial charge >= 0.3 is 11.9 Å². The summed E-state index contributed by atoms with van der Waals surface area (Å²) in [6, 6.07) is 0. The van der Waals surface area contributed by atoms with E-state index in [0.717, 1.165) is 6.26 Å². The van der Waals surface area contributed by atoms with Gasteiger partial charge < -0.3 is 14.2 Å². The van der Waals surface area contributed by atoms with E-state index in [1.165, 1.54) is 0 Å². The Bertz CT molecular complexity index is 490. The van der Waals surface area contributed by atoms with Crippen molar-refractivity contribution in [1.29, 1.82) is 0 Å². The minimum Gasteiger partial charge on any atom is -0.490 e. The van der Waals surface area contributed by atoms with E-state index < -0.39 is 22.9 Å². The van der Waals surface area contributed by atoms with Gasteiger partial charge in [-0.1, -0.05) is 0 Å². The van der Waals surface area contributed by atoms with Crippen molar-refractivity contribution in [3.05, 3.63) is 12.0 Å². The van der Waals surface area contributed by atoms with E-state index in [4.69, 9.17) is 14.2 Å². The van der Waals surface area contributed by atoms with Crippen molar-refractivity contribution >= 4 is 17.7 Å². The third-order valence-corrected chi connectivity index (χ3v) is 2.88. The summed E-state index contributed by atoms with van der Waals surface area (Å²) in [5, 5.41) is 0. The maximum absolute atomic E-state index is 11.9. The van der Waals surface area contributed by atoms with E-state index in [2.05, 4.69) is 0 Å². The van der Waals surface area contributed by atoms with Gasteiger partial charge in [0.25, 0.3) is 0 Å². The van der Waals surface area contributed by atoms with Crippen molar-refractivity contribution in [2.75, 3.05) is 6.61 Å². The van der Waals surface area contributed by atoms with Gasteiger partial charge in [-0.25, -0.2) is 0 Å². The van der Waals surface area contributed by atoms with Crippen LogP contribution in [0.1, 0.15) is 48.0 Å². The summed E-state index contributed by atoms with van der Waals surface area (Å²) in [6.45, 7) is 10.3. The monoisotopic (exact) mass is 312 g/mol. The fraction of sp³-hybridized carbons (Fsp3) is 0.688. The Morgan fingerprint density at radius 3 is 2.14 bits per heavy atom. The number of ether oxygens (including phenoxy) is 3. The lowest BCUT2D eigenvalue weighted by atomic mass is 9.97. The summed E-state index contributed by atoms with van der Waals surface area (Å²) < 4.78 is 15.4. The van der Waals surface area contributed by atoms with Gasteiger partial charge in [-0.2, -0.15) is 0 Å². The van der Waals surface area contributed by atoms with Gasteiger partial charge in [-0.05, 0) is 41.5 Å². The Morgan fingerprint density at radius 2 is 1.68 bits per heavy atom. The van der Waals surface area contributed by atoms with Gasteiger partial charge in [0, 0.05) is 0 Å². The molecule has 1 aliphatic rings. The van der Waals surface area contributed by atoms with Crippen LogP contribution in [-0.2, 0) is 28.6 Å². The van der Waals surface area contributed by atoms with Gasteiger partial charge in [0.1, 0.15) is 19.0 Å². The third kappa shape index (κ3) is 5.16. The molecule has 0 fully saturated rings. The maximum Gasteiger partial charge on any atom is 0.316 e. The zero-order valence-corrected chi connectivity index (χ0v) is 14.0. The predicted octanol–water partition coefficient (Wildman–Crippen LogP) is 2.36. The number of hydrogen-bond acceptors (Lipinski definition) is 6. The molecule has 1 rings (SSSR count). The van der Waals surface area contributed by atoms with Gasteiger partial charge in [-0.15, -0.1) is 0 Å². The van der Waals surface area contributed by atoms with Crippen LogP contribution < -0.4 is 0 Å². The zero-order valence-electron chi connectivity index (χ0n) is 14.0. The molecule has 6 nitrogen and oxygen atoms in total. The summed E-state index contributed by atoms with van der Waals surface area (Å²) in [6.07, 6.45) is 0.557. The molecule has 0 amide bonds. The van der Waals surface area contributed by atoms with Crippen LogP contribution in [0.5, 0.6) is 0 Å². The van der Waals surface area contributed by atoms with Crippen LogP contribution in [0.15, 0.2) is 12.0 Å². The van der Waals surface area contributed by atoms with Crippen LogP contribution in [0.2, 0.25) is 0 Å². The minimum absolute atomic E-state index is 0.000674. The number of hydrogen-bond donors (Lipinski definition) is 0. The summed E-state index contributed by atoms with van der Waals surface area (Å²) in [5.74, 6) is -1.33. The Hall–Kier alpha value is -1.85. The molecule has 124 valence electrons. The van der Waals surface area contributed by atoms with Gasteiger partial charge in [-0.3, -0.25) is 14.4 Å². The summed E-state index contributed by atoms with van der Waals surface area (Å²) in [4.78, 5) is 35.3. The fourth-order valence-corrected chi connectivity index (χ4v) is 1.40. The van der Waals surface area contributed by atoms with Crippen molar-refractivity contribution in [1.82, 2.24) is 0 Å². The quantitative estimate of drug-likeness (QED) is 0.744. The van der Waals surface area contributed by atoms with E-state index in [-0.39, 0.29) is 30.5 Å². The van der Waals surface area contributed by atoms with Crippen LogP contribution in [0.25, 0.3) is 0 Å². The Morgan fingerprint density at radius 1 is 1.14 bits per heavy atom. The summed E-state index contributed by atoms with van der Waals surface area (Å²) >= 11 is 0. The number of rotatable bonds is 3. The average Bonchev–Trinajstić information content (AvgIpc) is 2.36. The first-order chi connectivity index (χ1) is 9.91. The smallest absolute Gasteiger partial charge is 0.316 e. The molecule has 1 atom stereocenters. The van der Waals surface area contributed by atoms with Crippen LogP contribution in [0.3, 0.4) is 0 Å². The highest BCUT2D eigenvalue weighted by atomic mass is 16.6. The fourth-order valence-electron chi connectivity index (χ4n) is 1.40. The van der Waals surface area contributed by atoms with Gasteiger partial charge in [0.2, 0.25) is 11.5 Å². The molecule has 0 aromatic carbocycles. The Kier molecular flexibility index (Phi) is 5.38. The van der Waals surface area contributed by atoms with E-state index in [9.17, 15) is 14.4 Å². The molecule has 22 heavy (non-hydrogen) atoms. The molecular weight excluding hydrogens is 288 g/mol. The second kappa shape index (κ2) is 6.50. The van der Waals surface area contributed by atoms with Crippen LogP contribution in [0.4, 0.5) is 0 Å². The lowest BCUT2D eigenvalue weighted by Gasteiger charge is -2.24. The first-order valence-corrected chi connectivity index (χ1v) is 7.19. The lowest BCUT2D eigenvalue weighted by Crippen LogP contribution is -2.33. The van der Waals surface area contributed by atoms with Gasteiger partial charge in [0.05, 0.1) is 17.3 Å². The maximum atomic E-state index is 11.9. The molecule has 0 aromatic heterocycles. The van der Waals surface area contributed by atoms with Crippen molar-refractivity contribution in [2.45, 2.75) is 54.1 Å². The molecule has 0 aliphatic carbocycles. The molecule has 1 heterocycles. The number of esters is 2. The van der Waals surface area contributed by atoms with Crippen molar-refractivity contribution in [3.63, 3.8) is 0 Å². The summed E-state index contributed by atoms with van der Waals surface area (Å²) in [7, 11) is 0.